The zero-order valence-electron chi connectivity index (χ0n) is 10.1. The molecular weight excluding hydrogens is 218 g/mol. The second-order valence-corrected chi connectivity index (χ2v) is 5.54. The Morgan fingerprint density at radius 2 is 2.56 bits per heavy atom. The van der Waals surface area contributed by atoms with Crippen molar-refractivity contribution in [3.63, 3.8) is 0 Å². The SMILES string of the molecule is CNC(C)c1csc(CC2CCCNC2)n1. The molecule has 4 heteroatoms. The third-order valence-electron chi connectivity index (χ3n) is 3.31. The Morgan fingerprint density at radius 1 is 1.69 bits per heavy atom. The van der Waals surface area contributed by atoms with Crippen LogP contribution in [0.3, 0.4) is 0 Å². The normalized spacial score (nSPS) is 23.2. The Bertz CT molecular complexity index is 318. The van der Waals surface area contributed by atoms with E-state index in [1.54, 1.807) is 0 Å². The van der Waals surface area contributed by atoms with E-state index in [9.17, 15) is 0 Å². The third kappa shape index (κ3) is 3.03. The maximum Gasteiger partial charge on any atom is 0.0932 e. The van der Waals surface area contributed by atoms with Crippen LogP contribution in [0.25, 0.3) is 0 Å². The van der Waals surface area contributed by atoms with Crippen LogP contribution in [0.15, 0.2) is 5.38 Å². The maximum atomic E-state index is 4.70. The maximum absolute atomic E-state index is 4.70. The molecule has 0 amide bonds. The predicted octanol–water partition coefficient (Wildman–Crippen LogP) is 1.97. The number of piperidine rings is 1. The van der Waals surface area contributed by atoms with Crippen LogP contribution < -0.4 is 10.6 Å². The lowest BCUT2D eigenvalue weighted by molar-refractivity contribution is 0.375. The summed E-state index contributed by atoms with van der Waals surface area (Å²) in [4.78, 5) is 4.70. The van der Waals surface area contributed by atoms with Crippen LogP contribution >= 0.6 is 11.3 Å². The molecule has 1 aromatic rings. The molecule has 1 aliphatic rings. The summed E-state index contributed by atoms with van der Waals surface area (Å²) >= 11 is 1.81. The summed E-state index contributed by atoms with van der Waals surface area (Å²) in [5.41, 5.74) is 1.19. The highest BCUT2D eigenvalue weighted by Crippen LogP contribution is 2.21. The van der Waals surface area contributed by atoms with Gasteiger partial charge in [0.15, 0.2) is 0 Å². The molecule has 0 saturated carbocycles. The average Bonchev–Trinajstić information content (AvgIpc) is 2.78. The van der Waals surface area contributed by atoms with Crippen molar-refractivity contribution in [2.24, 2.45) is 5.92 Å². The Hall–Kier alpha value is -0.450. The first kappa shape index (κ1) is 12.0. The number of rotatable bonds is 4. The van der Waals surface area contributed by atoms with Gasteiger partial charge in [0.25, 0.3) is 0 Å². The van der Waals surface area contributed by atoms with Gasteiger partial charge < -0.3 is 10.6 Å². The summed E-state index contributed by atoms with van der Waals surface area (Å²) in [5.74, 6) is 0.789. The van der Waals surface area contributed by atoms with Crippen molar-refractivity contribution >= 4 is 11.3 Å². The highest BCUT2D eigenvalue weighted by atomic mass is 32.1. The highest BCUT2D eigenvalue weighted by Gasteiger charge is 2.16. The van der Waals surface area contributed by atoms with E-state index in [2.05, 4.69) is 22.9 Å². The van der Waals surface area contributed by atoms with E-state index >= 15 is 0 Å². The van der Waals surface area contributed by atoms with Crippen LogP contribution in [0.1, 0.15) is 36.5 Å². The van der Waals surface area contributed by atoms with E-state index in [0.29, 0.717) is 6.04 Å². The molecule has 1 saturated heterocycles. The first-order valence-electron chi connectivity index (χ1n) is 6.12. The van der Waals surface area contributed by atoms with Crippen molar-refractivity contribution in [1.82, 2.24) is 15.6 Å². The fourth-order valence-corrected chi connectivity index (χ4v) is 3.11. The summed E-state index contributed by atoms with van der Waals surface area (Å²) in [5, 5.41) is 10.2. The van der Waals surface area contributed by atoms with Gasteiger partial charge in [-0.25, -0.2) is 4.98 Å². The molecule has 0 bridgehead atoms. The van der Waals surface area contributed by atoms with Gasteiger partial charge in [-0.3, -0.25) is 0 Å². The fraction of sp³-hybridized carbons (Fsp3) is 0.750. The van der Waals surface area contributed by atoms with E-state index in [4.69, 9.17) is 4.98 Å². The van der Waals surface area contributed by atoms with E-state index in [0.717, 1.165) is 18.9 Å². The van der Waals surface area contributed by atoms with E-state index in [1.807, 2.05) is 18.4 Å². The molecule has 90 valence electrons. The molecule has 2 rings (SSSR count). The standard InChI is InChI=1S/C12H21N3S/c1-9(13-2)11-8-16-12(15-11)6-10-4-3-5-14-7-10/h8-10,13-14H,3-7H2,1-2H3. The van der Waals surface area contributed by atoms with Crippen molar-refractivity contribution in [3.8, 4) is 0 Å². The van der Waals surface area contributed by atoms with Crippen LogP contribution in [0.5, 0.6) is 0 Å². The quantitative estimate of drug-likeness (QED) is 0.843. The molecule has 0 radical (unpaired) electrons. The Morgan fingerprint density at radius 3 is 3.25 bits per heavy atom. The van der Waals surface area contributed by atoms with Gasteiger partial charge in [0.05, 0.1) is 10.7 Å². The fourth-order valence-electron chi connectivity index (χ4n) is 2.11. The van der Waals surface area contributed by atoms with Crippen molar-refractivity contribution in [2.45, 2.75) is 32.2 Å². The largest absolute Gasteiger partial charge is 0.316 e. The van der Waals surface area contributed by atoms with Gasteiger partial charge in [-0.15, -0.1) is 11.3 Å². The third-order valence-corrected chi connectivity index (χ3v) is 4.20. The monoisotopic (exact) mass is 239 g/mol. The second kappa shape index (κ2) is 5.75. The Kier molecular flexibility index (Phi) is 4.32. The van der Waals surface area contributed by atoms with Gasteiger partial charge in [0, 0.05) is 17.8 Å². The van der Waals surface area contributed by atoms with Gasteiger partial charge in [-0.1, -0.05) is 0 Å². The molecule has 0 aliphatic carbocycles. The van der Waals surface area contributed by atoms with Crippen molar-refractivity contribution in [1.29, 1.82) is 0 Å². The lowest BCUT2D eigenvalue weighted by atomic mass is 9.97. The van der Waals surface area contributed by atoms with Crippen LogP contribution in [-0.2, 0) is 6.42 Å². The van der Waals surface area contributed by atoms with Crippen LogP contribution in [0, 0.1) is 5.92 Å². The first-order valence-corrected chi connectivity index (χ1v) is 7.00. The number of hydrogen-bond acceptors (Lipinski definition) is 4. The number of aromatic nitrogens is 1. The Labute approximate surface area is 102 Å². The summed E-state index contributed by atoms with van der Waals surface area (Å²) in [7, 11) is 1.98. The topological polar surface area (TPSA) is 37.0 Å². The van der Waals surface area contributed by atoms with Gasteiger partial charge >= 0.3 is 0 Å². The minimum atomic E-state index is 0.370. The average molecular weight is 239 g/mol. The second-order valence-electron chi connectivity index (χ2n) is 4.59. The summed E-state index contributed by atoms with van der Waals surface area (Å²) in [6.45, 7) is 4.51. The molecule has 0 aromatic carbocycles. The smallest absolute Gasteiger partial charge is 0.0932 e. The summed E-state index contributed by atoms with van der Waals surface area (Å²) in [6.07, 6.45) is 3.81. The van der Waals surface area contributed by atoms with Gasteiger partial charge in [0.2, 0.25) is 0 Å². The minimum Gasteiger partial charge on any atom is -0.316 e. The van der Waals surface area contributed by atoms with Gasteiger partial charge in [0.1, 0.15) is 0 Å². The molecule has 2 unspecified atom stereocenters. The van der Waals surface area contributed by atoms with Gasteiger partial charge in [-0.2, -0.15) is 0 Å². The molecule has 1 fully saturated rings. The summed E-state index contributed by atoms with van der Waals surface area (Å²) < 4.78 is 0. The van der Waals surface area contributed by atoms with Crippen molar-refractivity contribution < 1.29 is 0 Å². The minimum absolute atomic E-state index is 0.370. The lowest BCUT2D eigenvalue weighted by Crippen LogP contribution is -2.30. The number of thiazole rings is 1. The molecule has 3 nitrogen and oxygen atoms in total. The number of nitrogens with one attached hydrogen (secondary N) is 2. The van der Waals surface area contributed by atoms with Crippen molar-refractivity contribution in [3.05, 3.63) is 16.1 Å². The van der Waals surface area contributed by atoms with E-state index < -0.39 is 0 Å². The van der Waals surface area contributed by atoms with E-state index in [-0.39, 0.29) is 0 Å². The molecule has 0 spiro atoms. The molecule has 16 heavy (non-hydrogen) atoms. The van der Waals surface area contributed by atoms with Crippen LogP contribution in [0.2, 0.25) is 0 Å². The molecule has 2 heterocycles. The first-order chi connectivity index (χ1) is 7.79. The van der Waals surface area contributed by atoms with Crippen LogP contribution in [0.4, 0.5) is 0 Å². The molecular formula is C12H21N3S. The number of hydrogen-bond donors (Lipinski definition) is 2. The molecule has 2 atom stereocenters. The zero-order chi connectivity index (χ0) is 11.4. The predicted molar refractivity (Wildman–Crippen MR) is 68.9 cm³/mol. The lowest BCUT2D eigenvalue weighted by Gasteiger charge is -2.21. The molecule has 2 N–H and O–H groups in total. The molecule has 1 aromatic heterocycles. The molecule has 1 aliphatic heterocycles. The van der Waals surface area contributed by atoms with Gasteiger partial charge in [-0.05, 0) is 45.8 Å². The highest BCUT2D eigenvalue weighted by molar-refractivity contribution is 7.09. The zero-order valence-corrected chi connectivity index (χ0v) is 10.9. The summed E-state index contributed by atoms with van der Waals surface area (Å²) in [6, 6.07) is 0.370. The van der Waals surface area contributed by atoms with Crippen LogP contribution in [-0.4, -0.2) is 25.1 Å². The number of nitrogens with zero attached hydrogens (tertiary/aromatic N) is 1. The Balaban J connectivity index is 1.91. The van der Waals surface area contributed by atoms with Crippen molar-refractivity contribution in [2.75, 3.05) is 20.1 Å². The van der Waals surface area contributed by atoms with E-state index in [1.165, 1.54) is 30.1 Å².